The van der Waals surface area contributed by atoms with Crippen LogP contribution in [-0.4, -0.2) is 29.2 Å². The summed E-state index contributed by atoms with van der Waals surface area (Å²) in [6.45, 7) is 12.2. The van der Waals surface area contributed by atoms with E-state index >= 15 is 0 Å². The number of ether oxygens (including phenoxy) is 1. The van der Waals surface area contributed by atoms with Crippen LogP contribution in [0.2, 0.25) is 0 Å². The fraction of sp³-hybridized carbons (Fsp3) is 0.727. The van der Waals surface area contributed by atoms with Crippen LogP contribution in [-0.2, 0) is 4.74 Å². The van der Waals surface area contributed by atoms with Gasteiger partial charge >= 0.3 is 6.09 Å². The summed E-state index contributed by atoms with van der Waals surface area (Å²) in [5, 5.41) is 0. The van der Waals surface area contributed by atoms with E-state index in [-0.39, 0.29) is 12.1 Å². The molecule has 3 nitrogen and oxygen atoms in total. The SMILES string of the molecule is C=C1C[C@H](C)N(C(=O)OC(C)(C)C)C1. The van der Waals surface area contributed by atoms with Crippen molar-refractivity contribution in [3.8, 4) is 0 Å². The number of carbonyl (C=O) groups is 1. The van der Waals surface area contributed by atoms with Crippen molar-refractivity contribution in [2.24, 2.45) is 0 Å². The molecule has 80 valence electrons. The summed E-state index contributed by atoms with van der Waals surface area (Å²) in [5.74, 6) is 0. The van der Waals surface area contributed by atoms with Crippen LogP contribution in [0.5, 0.6) is 0 Å². The van der Waals surface area contributed by atoms with Crippen molar-refractivity contribution in [1.29, 1.82) is 0 Å². The van der Waals surface area contributed by atoms with Crippen LogP contribution in [0.4, 0.5) is 4.79 Å². The highest BCUT2D eigenvalue weighted by molar-refractivity contribution is 5.69. The van der Waals surface area contributed by atoms with Crippen LogP contribution >= 0.6 is 0 Å². The molecule has 1 heterocycles. The third kappa shape index (κ3) is 2.76. The van der Waals surface area contributed by atoms with E-state index < -0.39 is 5.60 Å². The average Bonchev–Trinajstić information content (AvgIpc) is 2.26. The zero-order chi connectivity index (χ0) is 10.9. The monoisotopic (exact) mass is 197 g/mol. The van der Waals surface area contributed by atoms with E-state index in [2.05, 4.69) is 6.58 Å². The normalized spacial score (nSPS) is 22.7. The minimum atomic E-state index is -0.416. The second kappa shape index (κ2) is 3.64. The number of nitrogens with zero attached hydrogens (tertiary/aromatic N) is 1. The molecule has 1 saturated heterocycles. The highest BCUT2D eigenvalue weighted by Crippen LogP contribution is 2.22. The summed E-state index contributed by atoms with van der Waals surface area (Å²) < 4.78 is 5.29. The molecule has 0 N–H and O–H groups in total. The Morgan fingerprint density at radius 3 is 2.50 bits per heavy atom. The molecule has 1 atom stereocenters. The Kier molecular flexibility index (Phi) is 2.88. The van der Waals surface area contributed by atoms with Crippen LogP contribution in [0.1, 0.15) is 34.1 Å². The van der Waals surface area contributed by atoms with E-state index in [9.17, 15) is 4.79 Å². The molecule has 14 heavy (non-hydrogen) atoms. The third-order valence-corrected chi connectivity index (χ3v) is 2.14. The van der Waals surface area contributed by atoms with Gasteiger partial charge in [-0.3, -0.25) is 0 Å². The summed E-state index contributed by atoms with van der Waals surface area (Å²) in [7, 11) is 0. The molecule has 0 bridgehead atoms. The summed E-state index contributed by atoms with van der Waals surface area (Å²) in [5.41, 5.74) is 0.684. The van der Waals surface area contributed by atoms with Gasteiger partial charge in [-0.05, 0) is 34.1 Å². The molecule has 1 rings (SSSR count). The largest absolute Gasteiger partial charge is 0.444 e. The molecule has 0 saturated carbocycles. The summed E-state index contributed by atoms with van der Waals surface area (Å²) in [6.07, 6.45) is 0.655. The van der Waals surface area contributed by atoms with Gasteiger partial charge in [0.15, 0.2) is 0 Å². The van der Waals surface area contributed by atoms with Gasteiger partial charge in [-0.2, -0.15) is 0 Å². The highest BCUT2D eigenvalue weighted by Gasteiger charge is 2.30. The van der Waals surface area contributed by atoms with E-state index in [4.69, 9.17) is 4.74 Å². The molecule has 1 amide bonds. The van der Waals surface area contributed by atoms with Gasteiger partial charge in [0.25, 0.3) is 0 Å². The lowest BCUT2D eigenvalue weighted by Gasteiger charge is -2.26. The van der Waals surface area contributed by atoms with Gasteiger partial charge in [0.2, 0.25) is 0 Å². The Labute approximate surface area is 85.7 Å². The van der Waals surface area contributed by atoms with Crippen molar-refractivity contribution < 1.29 is 9.53 Å². The van der Waals surface area contributed by atoms with E-state index in [1.807, 2.05) is 27.7 Å². The molecule has 0 unspecified atom stereocenters. The lowest BCUT2D eigenvalue weighted by atomic mass is 10.2. The predicted molar refractivity (Wildman–Crippen MR) is 56.2 cm³/mol. The summed E-state index contributed by atoms with van der Waals surface area (Å²) in [4.78, 5) is 13.4. The van der Waals surface area contributed by atoms with Gasteiger partial charge in [0, 0.05) is 12.6 Å². The molecule has 0 radical (unpaired) electrons. The van der Waals surface area contributed by atoms with Crippen molar-refractivity contribution in [3.63, 3.8) is 0 Å². The first-order chi connectivity index (χ1) is 6.29. The van der Waals surface area contributed by atoms with Gasteiger partial charge in [0.05, 0.1) is 0 Å². The van der Waals surface area contributed by atoms with E-state index in [1.54, 1.807) is 4.90 Å². The Hall–Kier alpha value is -0.990. The van der Waals surface area contributed by atoms with Crippen LogP contribution < -0.4 is 0 Å². The minimum Gasteiger partial charge on any atom is -0.444 e. The number of rotatable bonds is 0. The third-order valence-electron chi connectivity index (χ3n) is 2.14. The van der Waals surface area contributed by atoms with Crippen molar-refractivity contribution in [2.45, 2.75) is 45.8 Å². The van der Waals surface area contributed by atoms with E-state index in [0.717, 1.165) is 12.0 Å². The Bertz CT molecular complexity index is 253. The minimum absolute atomic E-state index is 0.220. The Morgan fingerprint density at radius 1 is 1.57 bits per heavy atom. The topological polar surface area (TPSA) is 29.5 Å². The molecule has 0 aliphatic carbocycles. The number of hydrogen-bond acceptors (Lipinski definition) is 2. The number of likely N-dealkylation sites (tertiary alicyclic amines) is 1. The number of amides is 1. The van der Waals surface area contributed by atoms with E-state index in [0.29, 0.717) is 6.54 Å². The van der Waals surface area contributed by atoms with Gasteiger partial charge in [0.1, 0.15) is 5.60 Å². The molecule has 0 spiro atoms. The molecule has 0 aromatic heterocycles. The fourth-order valence-electron chi connectivity index (χ4n) is 1.55. The maximum absolute atomic E-state index is 11.7. The second-order valence-corrected chi connectivity index (χ2v) is 4.91. The second-order valence-electron chi connectivity index (χ2n) is 4.91. The van der Waals surface area contributed by atoms with Gasteiger partial charge < -0.3 is 9.64 Å². The average molecular weight is 197 g/mol. The first kappa shape index (κ1) is 11.1. The maximum Gasteiger partial charge on any atom is 0.410 e. The molecular weight excluding hydrogens is 178 g/mol. The summed E-state index contributed by atoms with van der Waals surface area (Å²) >= 11 is 0. The molecule has 1 aliphatic heterocycles. The van der Waals surface area contributed by atoms with E-state index in [1.165, 1.54) is 0 Å². The lowest BCUT2D eigenvalue weighted by molar-refractivity contribution is 0.0242. The molecular formula is C11H19NO2. The highest BCUT2D eigenvalue weighted by atomic mass is 16.6. The molecule has 3 heteroatoms. The molecule has 1 aliphatic rings. The fourth-order valence-corrected chi connectivity index (χ4v) is 1.55. The van der Waals surface area contributed by atoms with Crippen molar-refractivity contribution in [2.75, 3.05) is 6.54 Å². The smallest absolute Gasteiger partial charge is 0.410 e. The molecule has 0 aromatic rings. The number of hydrogen-bond donors (Lipinski definition) is 0. The number of carbonyl (C=O) groups excluding carboxylic acids is 1. The van der Waals surface area contributed by atoms with Gasteiger partial charge in [-0.25, -0.2) is 4.79 Å². The van der Waals surface area contributed by atoms with Crippen LogP contribution in [0, 0.1) is 0 Å². The maximum atomic E-state index is 11.7. The molecule has 1 fully saturated rings. The van der Waals surface area contributed by atoms with Gasteiger partial charge in [-0.1, -0.05) is 12.2 Å². The van der Waals surface area contributed by atoms with Crippen LogP contribution in [0.25, 0.3) is 0 Å². The first-order valence-corrected chi connectivity index (χ1v) is 4.96. The Balaban J connectivity index is 2.58. The van der Waals surface area contributed by atoms with Crippen molar-refractivity contribution in [3.05, 3.63) is 12.2 Å². The lowest BCUT2D eigenvalue weighted by Crippen LogP contribution is -2.38. The Morgan fingerprint density at radius 2 is 2.14 bits per heavy atom. The van der Waals surface area contributed by atoms with Crippen LogP contribution in [0.3, 0.4) is 0 Å². The van der Waals surface area contributed by atoms with Crippen LogP contribution in [0.15, 0.2) is 12.2 Å². The predicted octanol–water partition coefficient (Wildman–Crippen LogP) is 2.57. The standard InChI is InChI=1S/C11H19NO2/c1-8-6-9(2)12(7-8)10(13)14-11(3,4)5/h9H,1,6-7H2,2-5H3/t9-/m0/s1. The summed E-state index contributed by atoms with van der Waals surface area (Å²) in [6, 6.07) is 0.220. The van der Waals surface area contributed by atoms with Crippen molar-refractivity contribution in [1.82, 2.24) is 4.90 Å². The van der Waals surface area contributed by atoms with Gasteiger partial charge in [-0.15, -0.1) is 0 Å². The van der Waals surface area contributed by atoms with Crippen molar-refractivity contribution >= 4 is 6.09 Å². The first-order valence-electron chi connectivity index (χ1n) is 4.96. The quantitative estimate of drug-likeness (QED) is 0.558. The zero-order valence-electron chi connectivity index (χ0n) is 9.46. The zero-order valence-corrected chi connectivity index (χ0v) is 9.46. The molecule has 0 aromatic carbocycles.